The summed E-state index contributed by atoms with van der Waals surface area (Å²) in [6.45, 7) is 13.0. The fourth-order valence-corrected chi connectivity index (χ4v) is 5.47. The Hall–Kier alpha value is -0.680. The van der Waals surface area contributed by atoms with E-state index in [9.17, 15) is 4.79 Å². The molecule has 0 aromatic carbocycles. The van der Waals surface area contributed by atoms with Crippen LogP contribution in [-0.4, -0.2) is 69.9 Å². The summed E-state index contributed by atoms with van der Waals surface area (Å²) in [6, 6.07) is 0. The molecule has 0 aromatic heterocycles. The van der Waals surface area contributed by atoms with E-state index >= 15 is 0 Å². The predicted molar refractivity (Wildman–Crippen MR) is 116 cm³/mol. The molecule has 3 radical (unpaired) electrons. The quantitative estimate of drug-likeness (QED) is 0.481. The lowest BCUT2D eigenvalue weighted by Gasteiger charge is -2.49. The van der Waals surface area contributed by atoms with Crippen LogP contribution in [0.5, 0.6) is 0 Å². The second kappa shape index (κ2) is 8.45. The number of hydrogen-bond acceptors (Lipinski definition) is 4. The number of nitrogens with zero attached hydrogens (tertiary/aromatic N) is 1. The molecule has 161 valence electrons. The number of hydrogen-bond donors (Lipinski definition) is 0. The van der Waals surface area contributed by atoms with Crippen LogP contribution in [0.15, 0.2) is 0 Å². The monoisotopic (exact) mass is 402 g/mol. The topological polar surface area (TPSA) is 51.3 Å². The molecule has 3 aliphatic rings. The van der Waals surface area contributed by atoms with Gasteiger partial charge in [0.1, 0.15) is 12.2 Å². The zero-order valence-corrected chi connectivity index (χ0v) is 19.2. The van der Waals surface area contributed by atoms with Gasteiger partial charge in [0, 0.05) is 27.3 Å². The van der Waals surface area contributed by atoms with Gasteiger partial charge in [-0.3, -0.25) is 0 Å². The molecule has 0 N–H and O–H groups in total. The van der Waals surface area contributed by atoms with Gasteiger partial charge in [0.25, 0.3) is 0 Å². The van der Waals surface area contributed by atoms with Crippen LogP contribution in [0.3, 0.4) is 0 Å². The third-order valence-electron chi connectivity index (χ3n) is 7.27. The van der Waals surface area contributed by atoms with Crippen LogP contribution >= 0.6 is 0 Å². The molecular weight excluding hydrogens is 364 g/mol. The van der Waals surface area contributed by atoms with Crippen LogP contribution in [0.4, 0.5) is 4.79 Å². The molecule has 29 heavy (non-hydrogen) atoms. The summed E-state index contributed by atoms with van der Waals surface area (Å²) in [4.78, 5) is 14.4. The summed E-state index contributed by atoms with van der Waals surface area (Å²) >= 11 is 0. The molecule has 1 aliphatic carbocycles. The Morgan fingerprint density at radius 3 is 2.41 bits per heavy atom. The molecule has 1 amide bonds. The Labute approximate surface area is 179 Å². The van der Waals surface area contributed by atoms with E-state index in [2.05, 4.69) is 34.6 Å². The highest BCUT2D eigenvalue weighted by molar-refractivity contribution is 6.90. The third-order valence-corrected chi connectivity index (χ3v) is 7.27. The zero-order chi connectivity index (χ0) is 21.4. The number of carbonyl (C=O) groups excluding carboxylic acids is 1. The van der Waals surface area contributed by atoms with Crippen LogP contribution in [0.1, 0.15) is 73.1 Å². The molecule has 0 bridgehead atoms. The van der Waals surface area contributed by atoms with E-state index in [0.717, 1.165) is 32.3 Å². The normalized spacial score (nSPS) is 34.6. The minimum absolute atomic E-state index is 0.00479. The van der Waals surface area contributed by atoms with E-state index in [1.807, 2.05) is 0 Å². The summed E-state index contributed by atoms with van der Waals surface area (Å²) in [5.41, 5.74) is 0.264. The first-order valence-electron chi connectivity index (χ1n) is 11.2. The molecule has 3 fully saturated rings. The van der Waals surface area contributed by atoms with E-state index < -0.39 is 0 Å². The van der Waals surface area contributed by atoms with Crippen molar-refractivity contribution in [2.24, 2.45) is 16.7 Å². The summed E-state index contributed by atoms with van der Waals surface area (Å²) in [5, 5.41) is 0. The molecule has 7 heteroatoms. The van der Waals surface area contributed by atoms with Gasteiger partial charge in [0.2, 0.25) is 0 Å². The summed E-state index contributed by atoms with van der Waals surface area (Å²) in [7, 11) is 8.95. The highest BCUT2D eigenvalue weighted by Crippen LogP contribution is 2.56. The molecule has 5 nitrogen and oxygen atoms in total. The third kappa shape index (κ3) is 4.98. The first-order valence-corrected chi connectivity index (χ1v) is 11.2. The molecule has 2 aliphatic heterocycles. The lowest BCUT2D eigenvalue weighted by Crippen LogP contribution is -2.58. The number of rotatable bonds is 7. The largest absolute Gasteiger partial charge is 0.443 e. The molecule has 5 unspecified atom stereocenters. The van der Waals surface area contributed by atoms with Crippen LogP contribution in [0, 0.1) is 16.7 Å². The maximum atomic E-state index is 12.7. The van der Waals surface area contributed by atoms with Crippen molar-refractivity contribution in [2.75, 3.05) is 20.3 Å². The minimum atomic E-state index is -0.271. The van der Waals surface area contributed by atoms with Crippen molar-refractivity contribution in [3.63, 3.8) is 0 Å². The van der Waals surface area contributed by atoms with Gasteiger partial charge in [0.05, 0.1) is 19.4 Å². The maximum absolute atomic E-state index is 12.7. The van der Waals surface area contributed by atoms with Crippen LogP contribution < -0.4 is 0 Å². The minimum Gasteiger partial charge on any atom is -0.443 e. The number of likely N-dealkylation sites (tertiary alicyclic amines) is 1. The van der Waals surface area contributed by atoms with Crippen molar-refractivity contribution < 1.29 is 19.0 Å². The summed E-state index contributed by atoms with van der Waals surface area (Å²) in [5.74, 6) is 0.203. The fraction of sp³-hybridized carbons (Fsp3) is 0.955. The van der Waals surface area contributed by atoms with Gasteiger partial charge in [0.15, 0.2) is 0 Å². The van der Waals surface area contributed by atoms with Crippen molar-refractivity contribution in [1.82, 2.24) is 4.90 Å². The molecule has 2 saturated heterocycles. The van der Waals surface area contributed by atoms with E-state index in [1.54, 1.807) is 19.2 Å². The summed E-state index contributed by atoms with van der Waals surface area (Å²) < 4.78 is 18.0. The van der Waals surface area contributed by atoms with E-state index in [1.165, 1.54) is 12.8 Å². The van der Waals surface area contributed by atoms with Crippen molar-refractivity contribution >= 4 is 21.0 Å². The molecular formula is C22H38B2NO4. The maximum Gasteiger partial charge on any atom is 0.409 e. The number of methoxy groups -OCH3 is 1. The first-order chi connectivity index (χ1) is 13.5. The van der Waals surface area contributed by atoms with Crippen molar-refractivity contribution in [3.8, 4) is 0 Å². The van der Waals surface area contributed by atoms with Gasteiger partial charge in [-0.05, 0) is 48.9 Å². The van der Waals surface area contributed by atoms with Gasteiger partial charge in [-0.25, -0.2) is 4.79 Å². The molecule has 1 spiro atoms. The van der Waals surface area contributed by atoms with Crippen molar-refractivity contribution in [3.05, 3.63) is 0 Å². The molecule has 0 aromatic rings. The second-order valence-corrected chi connectivity index (χ2v) is 11.1. The number of amides is 1. The smallest absolute Gasteiger partial charge is 0.409 e. The Bertz CT molecular complexity index is 586. The van der Waals surface area contributed by atoms with Gasteiger partial charge < -0.3 is 19.1 Å². The van der Waals surface area contributed by atoms with Gasteiger partial charge in [-0.15, -0.1) is 0 Å². The van der Waals surface area contributed by atoms with Crippen LogP contribution in [0.2, 0.25) is 0 Å². The molecule has 1 saturated carbocycles. The summed E-state index contributed by atoms with van der Waals surface area (Å²) in [6.07, 6.45) is 5.42. The molecule has 3 rings (SSSR count). The van der Waals surface area contributed by atoms with Crippen LogP contribution in [-0.2, 0) is 14.2 Å². The van der Waals surface area contributed by atoms with E-state index in [0.29, 0.717) is 12.0 Å². The molecule has 5 atom stereocenters. The van der Waals surface area contributed by atoms with Crippen LogP contribution in [0.25, 0.3) is 0 Å². The Morgan fingerprint density at radius 1 is 1.24 bits per heavy atom. The van der Waals surface area contributed by atoms with E-state index in [-0.39, 0.29) is 41.2 Å². The zero-order valence-electron chi connectivity index (χ0n) is 19.2. The fourth-order valence-electron chi connectivity index (χ4n) is 5.47. The first kappa shape index (κ1) is 23.0. The number of epoxide rings is 1. The van der Waals surface area contributed by atoms with Gasteiger partial charge in [-0.1, -0.05) is 41.0 Å². The highest BCUT2D eigenvalue weighted by Gasteiger charge is 2.63. The predicted octanol–water partition coefficient (Wildman–Crippen LogP) is 3.75. The van der Waals surface area contributed by atoms with E-state index in [4.69, 9.17) is 21.9 Å². The average Bonchev–Trinajstić information content (AvgIpc) is 3.34. The SMILES string of the molecule is [B][B]C1CCN1C(=O)OC1CCC2(CO2)C(C(C)(C)CCCC(C)(C)C)C1OC. The van der Waals surface area contributed by atoms with Gasteiger partial charge in [-0.2, -0.15) is 0 Å². The van der Waals surface area contributed by atoms with Gasteiger partial charge >= 0.3 is 6.09 Å². The number of carbonyl (C=O) groups is 1. The van der Waals surface area contributed by atoms with Crippen molar-refractivity contribution in [1.29, 1.82) is 0 Å². The highest BCUT2D eigenvalue weighted by atomic mass is 16.6. The lowest BCUT2D eigenvalue weighted by molar-refractivity contribution is -0.138. The second-order valence-electron chi connectivity index (χ2n) is 11.1. The van der Waals surface area contributed by atoms with Crippen molar-refractivity contribution in [2.45, 2.75) is 96.9 Å². The standard InChI is InChI=1S/C22H38B2NO4/c1-20(2,3)10-7-11-21(4,5)18-17(27-6)15(8-12-22(18)14-28-22)29-19(26)25-13-9-16(25)24-23/h15-18H,7-14H2,1-6H3. The lowest BCUT2D eigenvalue weighted by atomic mass is 9.47. The number of ether oxygens (including phenoxy) is 3. The Balaban J connectivity index is 1.69. The Morgan fingerprint density at radius 2 is 1.93 bits per heavy atom. The molecule has 2 heterocycles. The average molecular weight is 402 g/mol. The Kier molecular flexibility index (Phi) is 6.70.